The summed E-state index contributed by atoms with van der Waals surface area (Å²) >= 11 is 0. The highest BCUT2D eigenvalue weighted by Gasteiger charge is 2.20. The first-order valence-electron chi connectivity index (χ1n) is 6.69. The molecule has 1 aromatic heterocycles. The number of benzene rings is 1. The summed E-state index contributed by atoms with van der Waals surface area (Å²) in [7, 11) is 0. The number of nitrogens with two attached hydrogens (primary N) is 1. The van der Waals surface area contributed by atoms with Crippen LogP contribution in [0.3, 0.4) is 0 Å². The zero-order chi connectivity index (χ0) is 14.0. The molecule has 1 aromatic carbocycles. The minimum atomic E-state index is 0.245. The third-order valence-corrected chi connectivity index (χ3v) is 3.80. The highest BCUT2D eigenvalue weighted by molar-refractivity contribution is 5.72. The van der Waals surface area contributed by atoms with E-state index < -0.39 is 0 Å². The van der Waals surface area contributed by atoms with Gasteiger partial charge in [0.1, 0.15) is 0 Å². The van der Waals surface area contributed by atoms with Crippen molar-refractivity contribution in [1.29, 1.82) is 0 Å². The van der Waals surface area contributed by atoms with Crippen LogP contribution in [0.15, 0.2) is 18.2 Å². The summed E-state index contributed by atoms with van der Waals surface area (Å²) in [5.74, 6) is 1.25. The lowest BCUT2D eigenvalue weighted by Gasteiger charge is -2.19. The zero-order valence-corrected chi connectivity index (χ0v) is 12.0. The highest BCUT2D eigenvalue weighted by Crippen LogP contribution is 2.29. The maximum absolute atomic E-state index is 6.05. The van der Waals surface area contributed by atoms with Crippen LogP contribution in [0.2, 0.25) is 0 Å². The number of nitrogen functional groups attached to an aromatic ring is 1. The fraction of sp³-hybridized carbons (Fsp3) is 0.500. The van der Waals surface area contributed by atoms with E-state index in [1.54, 1.807) is 0 Å². The Labute approximate surface area is 113 Å². The Morgan fingerprint density at radius 3 is 2.74 bits per heavy atom. The van der Waals surface area contributed by atoms with Crippen molar-refractivity contribution in [3.63, 3.8) is 0 Å². The molecule has 2 atom stereocenters. The van der Waals surface area contributed by atoms with Gasteiger partial charge in [-0.3, -0.25) is 0 Å². The van der Waals surface area contributed by atoms with E-state index in [2.05, 4.69) is 36.3 Å². The van der Waals surface area contributed by atoms with Crippen LogP contribution in [-0.2, 0) is 0 Å². The van der Waals surface area contributed by atoms with E-state index in [1.165, 1.54) is 0 Å². The molecule has 1 heterocycles. The third kappa shape index (κ3) is 2.59. The van der Waals surface area contributed by atoms with E-state index >= 15 is 0 Å². The molecule has 0 aliphatic heterocycles. The minimum Gasteiger partial charge on any atom is -0.398 e. The van der Waals surface area contributed by atoms with Crippen molar-refractivity contribution in [1.82, 2.24) is 20.2 Å². The van der Waals surface area contributed by atoms with Crippen molar-refractivity contribution < 1.29 is 0 Å². The van der Waals surface area contributed by atoms with E-state index in [0.29, 0.717) is 11.6 Å². The van der Waals surface area contributed by atoms with Crippen molar-refractivity contribution in [2.45, 2.75) is 40.2 Å². The molecule has 0 spiro atoms. The van der Waals surface area contributed by atoms with Crippen LogP contribution in [0.5, 0.6) is 0 Å². The van der Waals surface area contributed by atoms with E-state index in [-0.39, 0.29) is 6.04 Å². The second kappa shape index (κ2) is 5.38. The number of hydrogen-bond donors (Lipinski definition) is 1. The normalized spacial score (nSPS) is 14.3. The van der Waals surface area contributed by atoms with Gasteiger partial charge < -0.3 is 5.73 Å². The van der Waals surface area contributed by atoms with Gasteiger partial charge in [-0.1, -0.05) is 31.9 Å². The molecule has 0 aliphatic rings. The molecule has 102 valence electrons. The molecule has 0 saturated heterocycles. The molecule has 0 aliphatic carbocycles. The molecular weight excluding hydrogens is 238 g/mol. The number of anilines is 1. The Balaban J connectivity index is 2.47. The first-order chi connectivity index (χ1) is 9.04. The average Bonchev–Trinajstić information content (AvgIpc) is 2.88. The molecule has 2 rings (SSSR count). The van der Waals surface area contributed by atoms with Crippen molar-refractivity contribution in [3.8, 4) is 11.4 Å². The molecule has 0 amide bonds. The summed E-state index contributed by atoms with van der Waals surface area (Å²) < 4.78 is 1.87. The Hall–Kier alpha value is -1.91. The van der Waals surface area contributed by atoms with Crippen LogP contribution in [0.1, 0.15) is 38.8 Å². The first kappa shape index (κ1) is 13.5. The van der Waals surface area contributed by atoms with E-state index in [1.807, 2.05) is 29.8 Å². The molecule has 19 heavy (non-hydrogen) atoms. The highest BCUT2D eigenvalue weighted by atomic mass is 15.5. The van der Waals surface area contributed by atoms with Crippen LogP contribution < -0.4 is 5.73 Å². The maximum atomic E-state index is 6.05. The van der Waals surface area contributed by atoms with Crippen LogP contribution in [-0.4, -0.2) is 20.2 Å². The summed E-state index contributed by atoms with van der Waals surface area (Å²) in [5, 5.41) is 12.1. The first-order valence-corrected chi connectivity index (χ1v) is 6.69. The SMILES string of the molecule is CCC(C)C(C)n1nnnc1-c1cc(C)ccc1N. The number of tetrazole rings is 1. The van der Waals surface area contributed by atoms with Gasteiger partial charge in [-0.2, -0.15) is 0 Å². The summed E-state index contributed by atoms with van der Waals surface area (Å²) in [6.07, 6.45) is 1.09. The molecule has 5 heteroatoms. The lowest BCUT2D eigenvalue weighted by Crippen LogP contribution is -2.16. The summed E-state index contributed by atoms with van der Waals surface area (Å²) in [5.41, 5.74) is 8.81. The molecular formula is C14H21N5. The number of aryl methyl sites for hydroxylation is 1. The molecule has 2 aromatic rings. The quantitative estimate of drug-likeness (QED) is 0.857. The van der Waals surface area contributed by atoms with Crippen molar-refractivity contribution in [3.05, 3.63) is 23.8 Å². The molecule has 2 unspecified atom stereocenters. The predicted octanol–water partition coefficient (Wildman–Crippen LogP) is 2.84. The number of hydrogen-bond acceptors (Lipinski definition) is 4. The Morgan fingerprint density at radius 2 is 2.05 bits per heavy atom. The van der Waals surface area contributed by atoms with E-state index in [9.17, 15) is 0 Å². The summed E-state index contributed by atoms with van der Waals surface area (Å²) in [6, 6.07) is 6.17. The van der Waals surface area contributed by atoms with Gasteiger partial charge in [-0.05, 0) is 42.3 Å². The largest absolute Gasteiger partial charge is 0.398 e. The lowest BCUT2D eigenvalue weighted by atomic mass is 10.0. The van der Waals surface area contributed by atoms with Crippen molar-refractivity contribution in [2.75, 3.05) is 5.73 Å². The molecule has 5 nitrogen and oxygen atoms in total. The lowest BCUT2D eigenvalue weighted by molar-refractivity contribution is 0.340. The fourth-order valence-electron chi connectivity index (χ4n) is 2.09. The molecule has 0 bridgehead atoms. The van der Waals surface area contributed by atoms with Gasteiger partial charge in [-0.15, -0.1) is 5.10 Å². The Morgan fingerprint density at radius 1 is 1.32 bits per heavy atom. The smallest absolute Gasteiger partial charge is 0.184 e. The molecule has 0 radical (unpaired) electrons. The molecule has 0 fully saturated rings. The van der Waals surface area contributed by atoms with Gasteiger partial charge in [0, 0.05) is 11.3 Å². The van der Waals surface area contributed by atoms with Crippen LogP contribution in [0, 0.1) is 12.8 Å². The topological polar surface area (TPSA) is 69.6 Å². The third-order valence-electron chi connectivity index (χ3n) is 3.80. The van der Waals surface area contributed by atoms with E-state index in [4.69, 9.17) is 5.73 Å². The molecule has 0 saturated carbocycles. The van der Waals surface area contributed by atoms with Gasteiger partial charge in [0.25, 0.3) is 0 Å². The average molecular weight is 259 g/mol. The predicted molar refractivity (Wildman–Crippen MR) is 76.6 cm³/mol. The standard InChI is InChI=1S/C14H21N5/c1-5-10(3)11(4)19-14(16-17-18-19)12-8-9(2)6-7-13(12)15/h6-8,10-11H,5,15H2,1-4H3. The Kier molecular flexibility index (Phi) is 3.83. The fourth-order valence-corrected chi connectivity index (χ4v) is 2.09. The number of nitrogens with zero attached hydrogens (tertiary/aromatic N) is 4. The van der Waals surface area contributed by atoms with Crippen LogP contribution >= 0.6 is 0 Å². The van der Waals surface area contributed by atoms with Gasteiger partial charge in [-0.25, -0.2) is 4.68 Å². The van der Waals surface area contributed by atoms with Gasteiger partial charge in [0.2, 0.25) is 0 Å². The maximum Gasteiger partial charge on any atom is 0.184 e. The summed E-state index contributed by atoms with van der Waals surface area (Å²) in [6.45, 7) is 8.55. The zero-order valence-electron chi connectivity index (χ0n) is 12.0. The minimum absolute atomic E-state index is 0.245. The molecule has 2 N–H and O–H groups in total. The van der Waals surface area contributed by atoms with Crippen LogP contribution in [0.25, 0.3) is 11.4 Å². The number of aromatic nitrogens is 4. The second-order valence-electron chi connectivity index (χ2n) is 5.16. The van der Waals surface area contributed by atoms with Crippen LogP contribution in [0.4, 0.5) is 5.69 Å². The monoisotopic (exact) mass is 259 g/mol. The van der Waals surface area contributed by atoms with Gasteiger partial charge in [0.05, 0.1) is 6.04 Å². The van der Waals surface area contributed by atoms with Gasteiger partial charge >= 0.3 is 0 Å². The van der Waals surface area contributed by atoms with E-state index in [0.717, 1.165) is 23.4 Å². The Bertz CT molecular complexity index is 561. The second-order valence-corrected chi connectivity index (χ2v) is 5.16. The van der Waals surface area contributed by atoms with Crippen molar-refractivity contribution >= 4 is 5.69 Å². The van der Waals surface area contributed by atoms with Gasteiger partial charge in [0.15, 0.2) is 5.82 Å². The number of rotatable bonds is 4. The summed E-state index contributed by atoms with van der Waals surface area (Å²) in [4.78, 5) is 0. The van der Waals surface area contributed by atoms with Crippen molar-refractivity contribution in [2.24, 2.45) is 5.92 Å².